The Kier molecular flexibility index (Phi) is 6.16. The summed E-state index contributed by atoms with van der Waals surface area (Å²) >= 11 is 0. The highest BCUT2D eigenvalue weighted by Gasteiger charge is 2.17. The highest BCUT2D eigenvalue weighted by Crippen LogP contribution is 2.19. The van der Waals surface area contributed by atoms with Crippen LogP contribution in [-0.4, -0.2) is 29.9 Å². The first-order chi connectivity index (χ1) is 13.9. The van der Waals surface area contributed by atoms with E-state index in [-0.39, 0.29) is 5.75 Å². The number of aromatic hydroxyl groups is 1. The van der Waals surface area contributed by atoms with E-state index in [0.29, 0.717) is 34.9 Å². The van der Waals surface area contributed by atoms with E-state index in [0.717, 1.165) is 25.7 Å². The van der Waals surface area contributed by atoms with Crippen molar-refractivity contribution in [2.45, 2.75) is 46.1 Å². The number of nitrogens with one attached hydrogen (secondary N) is 2. The molecule has 2 aromatic heterocycles. The van der Waals surface area contributed by atoms with Gasteiger partial charge in [0.15, 0.2) is 11.2 Å². The molecular weight excluding hydrogens is 372 g/mol. The number of aryl methyl sites for hydroxylation is 2. The molecule has 0 radical (unpaired) electrons. The maximum atomic E-state index is 12.5. The maximum Gasteiger partial charge on any atom is 0.329 e. The Bertz CT molecular complexity index is 1160. The highest BCUT2D eigenvalue weighted by atomic mass is 16.3. The summed E-state index contributed by atoms with van der Waals surface area (Å²) in [4.78, 5) is 31.2. The second kappa shape index (κ2) is 8.76. The molecule has 0 bridgehead atoms. The van der Waals surface area contributed by atoms with Crippen LogP contribution in [0.5, 0.6) is 5.75 Å². The van der Waals surface area contributed by atoms with Crippen LogP contribution in [-0.2, 0) is 13.6 Å². The summed E-state index contributed by atoms with van der Waals surface area (Å²) in [6.07, 6.45) is 4.11. The van der Waals surface area contributed by atoms with Crippen molar-refractivity contribution in [2.24, 2.45) is 12.1 Å². The average Bonchev–Trinajstić information content (AvgIpc) is 3.07. The number of para-hydroxylation sites is 1. The molecule has 2 heterocycles. The number of hydrazone groups is 1. The van der Waals surface area contributed by atoms with Crippen molar-refractivity contribution in [1.29, 1.82) is 0 Å². The molecule has 0 spiro atoms. The number of hydrogen-bond donors (Lipinski definition) is 3. The number of phenolic OH excluding ortho intramolecular Hbond substituents is 1. The van der Waals surface area contributed by atoms with E-state index in [1.54, 1.807) is 36.7 Å². The van der Waals surface area contributed by atoms with Crippen LogP contribution >= 0.6 is 0 Å². The molecule has 3 rings (SSSR count). The number of unbranched alkanes of at least 4 members (excludes halogenated alkanes) is 3. The van der Waals surface area contributed by atoms with Gasteiger partial charge in [-0.2, -0.15) is 10.1 Å². The summed E-state index contributed by atoms with van der Waals surface area (Å²) in [5.74, 6) is 0.500. The first kappa shape index (κ1) is 20.4. The largest absolute Gasteiger partial charge is 0.507 e. The normalized spacial score (nSPS) is 11.9. The number of benzene rings is 1. The number of fused-ring (bicyclic) bond motifs is 1. The number of H-pyrrole nitrogens is 1. The minimum Gasteiger partial charge on any atom is -0.507 e. The third kappa shape index (κ3) is 4.23. The number of nitrogens with zero attached hydrogens (tertiary/aromatic N) is 4. The van der Waals surface area contributed by atoms with Gasteiger partial charge in [-0.1, -0.05) is 38.3 Å². The Hall–Kier alpha value is -3.36. The molecule has 9 heteroatoms. The highest BCUT2D eigenvalue weighted by molar-refractivity contribution is 6.01. The molecule has 0 aliphatic rings. The monoisotopic (exact) mass is 398 g/mol. The predicted octanol–water partition coefficient (Wildman–Crippen LogP) is 2.55. The quantitative estimate of drug-likeness (QED) is 0.306. The summed E-state index contributed by atoms with van der Waals surface area (Å²) in [5, 5.41) is 14.3. The molecule has 0 atom stereocenters. The van der Waals surface area contributed by atoms with E-state index in [1.165, 1.54) is 4.57 Å². The van der Waals surface area contributed by atoms with Gasteiger partial charge in [0.25, 0.3) is 5.56 Å². The molecule has 154 valence electrons. The fraction of sp³-hybridized carbons (Fsp3) is 0.400. The second-order valence-electron chi connectivity index (χ2n) is 6.96. The van der Waals surface area contributed by atoms with Crippen molar-refractivity contribution in [3.63, 3.8) is 0 Å². The van der Waals surface area contributed by atoms with Crippen molar-refractivity contribution in [3.05, 3.63) is 50.7 Å². The van der Waals surface area contributed by atoms with Crippen molar-refractivity contribution in [3.8, 4) is 5.75 Å². The Balaban J connectivity index is 2.01. The fourth-order valence-corrected chi connectivity index (χ4v) is 3.21. The van der Waals surface area contributed by atoms with E-state index in [4.69, 9.17) is 0 Å². The van der Waals surface area contributed by atoms with Gasteiger partial charge >= 0.3 is 5.69 Å². The van der Waals surface area contributed by atoms with Crippen LogP contribution in [0.1, 0.15) is 45.1 Å². The van der Waals surface area contributed by atoms with Crippen molar-refractivity contribution < 1.29 is 5.11 Å². The van der Waals surface area contributed by atoms with Crippen LogP contribution in [0.3, 0.4) is 0 Å². The van der Waals surface area contributed by atoms with E-state index in [1.807, 2.05) is 6.07 Å². The van der Waals surface area contributed by atoms with Gasteiger partial charge in [-0.15, -0.1) is 0 Å². The molecule has 29 heavy (non-hydrogen) atoms. The zero-order chi connectivity index (χ0) is 21.0. The summed E-state index contributed by atoms with van der Waals surface area (Å²) in [5.41, 5.74) is 3.71. The predicted molar refractivity (Wildman–Crippen MR) is 114 cm³/mol. The number of aromatic nitrogens is 4. The molecular formula is C20H26N6O3. The average molecular weight is 398 g/mol. The van der Waals surface area contributed by atoms with Gasteiger partial charge in [-0.25, -0.2) is 10.2 Å². The molecule has 0 fully saturated rings. The molecule has 1 aromatic carbocycles. The molecule has 3 aromatic rings. The van der Waals surface area contributed by atoms with Crippen LogP contribution in [0.4, 0.5) is 5.95 Å². The molecule has 0 amide bonds. The Morgan fingerprint density at radius 3 is 2.72 bits per heavy atom. The number of hydrogen-bond acceptors (Lipinski definition) is 6. The number of anilines is 1. The topological polar surface area (TPSA) is 117 Å². The van der Waals surface area contributed by atoms with E-state index < -0.39 is 11.2 Å². The minimum atomic E-state index is -0.515. The van der Waals surface area contributed by atoms with Crippen LogP contribution in [0, 0.1) is 0 Å². The lowest BCUT2D eigenvalue weighted by Crippen LogP contribution is -2.29. The molecule has 0 aliphatic heterocycles. The lowest BCUT2D eigenvalue weighted by Gasteiger charge is -2.09. The summed E-state index contributed by atoms with van der Waals surface area (Å²) in [7, 11) is 1.56. The Morgan fingerprint density at radius 1 is 1.24 bits per heavy atom. The third-order valence-corrected chi connectivity index (χ3v) is 4.86. The van der Waals surface area contributed by atoms with Crippen LogP contribution in [0.25, 0.3) is 11.2 Å². The SMILES string of the molecule is CCCCCCn1c(N/N=C(\C)c2ccccc2O)nc2c1c(=O)[nH]c(=O)n2C. The van der Waals surface area contributed by atoms with Gasteiger partial charge in [0, 0.05) is 19.2 Å². The molecule has 9 nitrogen and oxygen atoms in total. The number of aromatic amines is 1. The van der Waals surface area contributed by atoms with Gasteiger partial charge in [-0.05, 0) is 25.5 Å². The maximum absolute atomic E-state index is 12.5. The molecule has 3 N–H and O–H groups in total. The Labute approximate surface area is 167 Å². The van der Waals surface area contributed by atoms with E-state index in [9.17, 15) is 14.7 Å². The number of rotatable bonds is 8. The first-order valence-corrected chi connectivity index (χ1v) is 9.72. The minimum absolute atomic E-state index is 0.127. The lowest BCUT2D eigenvalue weighted by molar-refractivity contribution is 0.474. The zero-order valence-electron chi connectivity index (χ0n) is 16.9. The molecule has 0 aliphatic carbocycles. The number of imidazole rings is 1. The van der Waals surface area contributed by atoms with E-state index in [2.05, 4.69) is 27.4 Å². The van der Waals surface area contributed by atoms with Crippen molar-refractivity contribution >= 4 is 22.8 Å². The summed E-state index contributed by atoms with van der Waals surface area (Å²) in [6.45, 7) is 4.47. The van der Waals surface area contributed by atoms with Gasteiger partial charge in [0.1, 0.15) is 5.75 Å². The molecule has 0 saturated heterocycles. The second-order valence-corrected chi connectivity index (χ2v) is 6.96. The van der Waals surface area contributed by atoms with E-state index >= 15 is 0 Å². The van der Waals surface area contributed by atoms with Gasteiger partial charge < -0.3 is 9.67 Å². The Morgan fingerprint density at radius 2 is 2.00 bits per heavy atom. The third-order valence-electron chi connectivity index (χ3n) is 4.86. The van der Waals surface area contributed by atoms with Gasteiger partial charge in [-0.3, -0.25) is 14.3 Å². The van der Waals surface area contributed by atoms with Gasteiger partial charge in [0.2, 0.25) is 5.95 Å². The van der Waals surface area contributed by atoms with Gasteiger partial charge in [0.05, 0.1) is 5.71 Å². The van der Waals surface area contributed by atoms with Crippen molar-refractivity contribution in [1.82, 2.24) is 19.1 Å². The zero-order valence-corrected chi connectivity index (χ0v) is 16.9. The van der Waals surface area contributed by atoms with Crippen molar-refractivity contribution in [2.75, 3.05) is 5.43 Å². The van der Waals surface area contributed by atoms with Crippen LogP contribution in [0.15, 0.2) is 39.0 Å². The standard InChI is InChI=1S/C20H26N6O3/c1-4-5-6-9-12-26-16-17(25(3)20(29)22-18(16)28)21-19(26)24-23-13(2)14-10-7-8-11-15(14)27/h7-8,10-11,27H,4-6,9,12H2,1-3H3,(H,21,24)(H,22,28,29)/b23-13+. The summed E-state index contributed by atoms with van der Waals surface area (Å²) in [6, 6.07) is 6.90. The molecule has 0 unspecified atom stereocenters. The molecule has 0 saturated carbocycles. The lowest BCUT2D eigenvalue weighted by atomic mass is 10.1. The first-order valence-electron chi connectivity index (χ1n) is 9.72. The van der Waals surface area contributed by atoms with Crippen LogP contribution < -0.4 is 16.7 Å². The smallest absolute Gasteiger partial charge is 0.329 e. The van der Waals surface area contributed by atoms with Crippen LogP contribution in [0.2, 0.25) is 0 Å². The summed E-state index contributed by atoms with van der Waals surface area (Å²) < 4.78 is 3.06. The number of phenols is 1. The fourth-order valence-electron chi connectivity index (χ4n) is 3.21.